The lowest BCUT2D eigenvalue weighted by atomic mass is 10.1. The van der Waals surface area contributed by atoms with Crippen molar-refractivity contribution in [2.75, 3.05) is 18.5 Å². The fourth-order valence-corrected chi connectivity index (χ4v) is 4.68. The molecule has 0 bridgehead atoms. The van der Waals surface area contributed by atoms with E-state index in [1.165, 1.54) is 11.9 Å². The van der Waals surface area contributed by atoms with Crippen molar-refractivity contribution < 1.29 is 23.4 Å². The largest absolute Gasteiger partial charge is 0.490 e. The summed E-state index contributed by atoms with van der Waals surface area (Å²) in [5.74, 6) is 2.60. The number of fused-ring (bicyclic) bond motifs is 2. The van der Waals surface area contributed by atoms with Gasteiger partial charge < -0.3 is 18.6 Å². The van der Waals surface area contributed by atoms with E-state index in [4.69, 9.17) is 18.6 Å². The van der Waals surface area contributed by atoms with Crippen LogP contribution >= 0.6 is 11.9 Å². The molecule has 1 aliphatic heterocycles. The predicted octanol–water partition coefficient (Wildman–Crippen LogP) is 6.72. The number of ether oxygens (including phenoxy) is 3. The molecule has 0 spiro atoms. The second-order valence-corrected chi connectivity index (χ2v) is 10.5. The zero-order valence-electron chi connectivity index (χ0n) is 20.9. The molecule has 3 heterocycles. The molecule has 0 radical (unpaired) electrons. The minimum Gasteiger partial charge on any atom is -0.490 e. The average Bonchev–Trinajstić information content (AvgIpc) is 3.13. The second kappa shape index (κ2) is 10.7. The number of hydrogen-bond donors (Lipinski definition) is 2. The van der Waals surface area contributed by atoms with E-state index in [2.05, 4.69) is 15.0 Å². The normalized spacial score (nSPS) is 14.1. The Kier molecular flexibility index (Phi) is 7.25. The molecule has 0 aliphatic carbocycles. The average molecular weight is 520 g/mol. The van der Waals surface area contributed by atoms with Crippen LogP contribution in [0.25, 0.3) is 11.0 Å². The van der Waals surface area contributed by atoms with Crippen LogP contribution in [0.5, 0.6) is 11.5 Å². The van der Waals surface area contributed by atoms with Crippen molar-refractivity contribution in [1.82, 2.24) is 9.71 Å². The van der Waals surface area contributed by atoms with Crippen molar-refractivity contribution >= 4 is 34.8 Å². The van der Waals surface area contributed by atoms with Crippen molar-refractivity contribution in [2.24, 2.45) is 0 Å². The number of aromatic nitrogens is 1. The molecule has 2 aromatic carbocycles. The zero-order valence-corrected chi connectivity index (χ0v) is 21.8. The van der Waals surface area contributed by atoms with Crippen molar-refractivity contribution in [1.29, 1.82) is 0 Å². The number of carbonyl (C=O) groups excluding carboxylic acids is 1. The first-order valence-corrected chi connectivity index (χ1v) is 12.9. The van der Waals surface area contributed by atoms with Crippen LogP contribution in [0.4, 0.5) is 10.6 Å². The molecule has 192 valence electrons. The summed E-state index contributed by atoms with van der Waals surface area (Å²) in [6, 6.07) is 19.1. The van der Waals surface area contributed by atoms with E-state index in [-0.39, 0.29) is 6.04 Å². The summed E-state index contributed by atoms with van der Waals surface area (Å²) >= 11 is 1.46. The van der Waals surface area contributed by atoms with Crippen molar-refractivity contribution in [3.8, 4) is 11.5 Å². The number of furan rings is 1. The highest BCUT2D eigenvalue weighted by Crippen LogP contribution is 2.36. The molecular formula is C28H29N3O5S. The Bertz CT molecular complexity index is 1370. The lowest BCUT2D eigenvalue weighted by molar-refractivity contribution is 0.0635. The molecule has 0 saturated carbocycles. The quantitative estimate of drug-likeness (QED) is 0.271. The van der Waals surface area contributed by atoms with Crippen LogP contribution in [0.2, 0.25) is 0 Å². The number of amides is 1. The molecule has 1 aliphatic rings. The highest BCUT2D eigenvalue weighted by Gasteiger charge is 2.22. The molecule has 5 rings (SSSR count). The van der Waals surface area contributed by atoms with Gasteiger partial charge in [-0.25, -0.2) is 14.5 Å². The summed E-state index contributed by atoms with van der Waals surface area (Å²) in [6.07, 6.45) is 1.94. The van der Waals surface area contributed by atoms with Crippen LogP contribution in [0, 0.1) is 0 Å². The first kappa shape index (κ1) is 25.0. The maximum absolute atomic E-state index is 12.3. The number of anilines is 1. The van der Waals surface area contributed by atoms with Gasteiger partial charge in [-0.3, -0.25) is 5.32 Å². The summed E-state index contributed by atoms with van der Waals surface area (Å²) in [5, 5.41) is 3.72. The fourth-order valence-electron chi connectivity index (χ4n) is 3.87. The molecule has 4 aromatic rings. The molecule has 1 atom stereocenters. The van der Waals surface area contributed by atoms with Crippen LogP contribution in [-0.2, 0) is 4.74 Å². The van der Waals surface area contributed by atoms with E-state index in [1.807, 2.05) is 81.4 Å². The highest BCUT2D eigenvalue weighted by atomic mass is 32.2. The van der Waals surface area contributed by atoms with Crippen LogP contribution in [0.15, 0.2) is 76.2 Å². The number of para-hydroxylation sites is 1. The van der Waals surface area contributed by atoms with Gasteiger partial charge >= 0.3 is 6.09 Å². The van der Waals surface area contributed by atoms with E-state index < -0.39 is 11.7 Å². The SMILES string of the molecule is CC(C)(C)OC(=O)Nc1cc(C(NSc2ccc3c(c2)OCCCO3)c2cc3ccccc3o2)ccn1. The molecule has 0 saturated heterocycles. The molecule has 1 amide bonds. The maximum Gasteiger partial charge on any atom is 0.413 e. The van der Waals surface area contributed by atoms with E-state index in [1.54, 1.807) is 6.20 Å². The molecule has 0 fully saturated rings. The van der Waals surface area contributed by atoms with Crippen LogP contribution < -0.4 is 19.5 Å². The van der Waals surface area contributed by atoms with E-state index in [0.717, 1.165) is 45.1 Å². The van der Waals surface area contributed by atoms with Crippen LogP contribution in [-0.4, -0.2) is 29.9 Å². The van der Waals surface area contributed by atoms with Crippen molar-refractivity contribution in [2.45, 2.75) is 43.7 Å². The summed E-state index contributed by atoms with van der Waals surface area (Å²) < 4.78 is 26.7. The highest BCUT2D eigenvalue weighted by molar-refractivity contribution is 7.97. The third-order valence-electron chi connectivity index (χ3n) is 5.49. The third-order valence-corrected chi connectivity index (χ3v) is 6.33. The molecule has 9 heteroatoms. The Morgan fingerprint density at radius 2 is 1.84 bits per heavy atom. The monoisotopic (exact) mass is 519 g/mol. The molecule has 8 nitrogen and oxygen atoms in total. The lowest BCUT2D eigenvalue weighted by Gasteiger charge is -2.20. The van der Waals surface area contributed by atoms with Crippen LogP contribution in [0.3, 0.4) is 0 Å². The zero-order chi connectivity index (χ0) is 25.8. The topological polar surface area (TPSA) is 94.9 Å². The number of pyridine rings is 1. The summed E-state index contributed by atoms with van der Waals surface area (Å²) in [5.41, 5.74) is 1.05. The molecule has 37 heavy (non-hydrogen) atoms. The minimum absolute atomic E-state index is 0.337. The van der Waals surface area contributed by atoms with Gasteiger partial charge in [0.2, 0.25) is 0 Å². The molecule has 1 unspecified atom stereocenters. The Hall–Kier alpha value is -3.69. The van der Waals surface area contributed by atoms with Gasteiger partial charge in [-0.2, -0.15) is 0 Å². The summed E-state index contributed by atoms with van der Waals surface area (Å²) in [4.78, 5) is 17.6. The first-order valence-electron chi connectivity index (χ1n) is 12.1. The maximum atomic E-state index is 12.3. The van der Waals surface area contributed by atoms with Crippen molar-refractivity contribution in [3.05, 3.63) is 78.2 Å². The fraction of sp³-hybridized carbons (Fsp3) is 0.286. The molecular weight excluding hydrogens is 490 g/mol. The Morgan fingerprint density at radius 1 is 1.03 bits per heavy atom. The first-order chi connectivity index (χ1) is 17.8. The smallest absolute Gasteiger partial charge is 0.413 e. The van der Waals surface area contributed by atoms with Gasteiger partial charge in [0.15, 0.2) is 11.5 Å². The minimum atomic E-state index is -0.612. The van der Waals surface area contributed by atoms with Gasteiger partial charge in [-0.1, -0.05) is 18.2 Å². The van der Waals surface area contributed by atoms with Gasteiger partial charge in [0.25, 0.3) is 0 Å². The van der Waals surface area contributed by atoms with Crippen LogP contribution in [0.1, 0.15) is 44.6 Å². The lowest BCUT2D eigenvalue weighted by Crippen LogP contribution is -2.27. The van der Waals surface area contributed by atoms with Gasteiger partial charge in [0, 0.05) is 22.9 Å². The third kappa shape index (κ3) is 6.36. The van der Waals surface area contributed by atoms with Gasteiger partial charge in [0.1, 0.15) is 28.8 Å². The Labute approximate surface area is 219 Å². The Morgan fingerprint density at radius 3 is 2.65 bits per heavy atom. The van der Waals surface area contributed by atoms with Gasteiger partial charge in [0.05, 0.1) is 13.2 Å². The molecule has 2 aromatic heterocycles. The van der Waals surface area contributed by atoms with Gasteiger partial charge in [-0.15, -0.1) is 0 Å². The molecule has 2 N–H and O–H groups in total. The predicted molar refractivity (Wildman–Crippen MR) is 143 cm³/mol. The summed E-state index contributed by atoms with van der Waals surface area (Å²) in [6.45, 7) is 6.71. The number of nitrogens with zero attached hydrogens (tertiary/aromatic N) is 1. The number of hydrogen-bond acceptors (Lipinski definition) is 8. The number of rotatable bonds is 6. The van der Waals surface area contributed by atoms with Crippen molar-refractivity contribution in [3.63, 3.8) is 0 Å². The summed E-state index contributed by atoms with van der Waals surface area (Å²) in [7, 11) is 0. The van der Waals surface area contributed by atoms with E-state index in [0.29, 0.717) is 19.0 Å². The van der Waals surface area contributed by atoms with E-state index >= 15 is 0 Å². The second-order valence-electron chi connectivity index (χ2n) is 9.60. The standard InChI is InChI=1S/C28H29N3O5S/c1-28(2,3)36-27(32)30-25-16-19(11-12-29-25)26(24-15-18-7-4-5-8-21(18)35-24)31-37-20-9-10-22-23(17-20)34-14-6-13-33-22/h4-5,7-12,15-17,26,31H,6,13-14H2,1-3H3,(H,29,30,32). The van der Waals surface area contributed by atoms with Gasteiger partial charge in [-0.05, 0) is 80.7 Å². The number of benzene rings is 2. The van der Waals surface area contributed by atoms with E-state index in [9.17, 15) is 4.79 Å². The Balaban J connectivity index is 1.42. The number of carbonyl (C=O) groups is 1. The number of nitrogens with one attached hydrogen (secondary N) is 2.